The minimum absolute atomic E-state index is 0.0655. The van der Waals surface area contributed by atoms with Crippen LogP contribution in [0.25, 0.3) is 0 Å². The zero-order valence-corrected chi connectivity index (χ0v) is 14.2. The number of carboxylic acids is 1. The Hall–Kier alpha value is -2.48. The van der Waals surface area contributed by atoms with Gasteiger partial charge in [0, 0.05) is 30.6 Å². The Balaban J connectivity index is 1.48. The molecular formula is C20H16ClNO3. The monoisotopic (exact) mass is 353 g/mol. The molecule has 126 valence electrons. The van der Waals surface area contributed by atoms with Crippen molar-refractivity contribution in [1.29, 1.82) is 0 Å². The van der Waals surface area contributed by atoms with E-state index in [4.69, 9.17) is 21.4 Å². The minimum atomic E-state index is -0.803. The Morgan fingerprint density at radius 3 is 2.80 bits per heavy atom. The minimum Gasteiger partial charge on any atom is -0.484 e. The van der Waals surface area contributed by atoms with Crippen LogP contribution in [-0.2, 0) is 11.2 Å². The third-order valence-electron chi connectivity index (χ3n) is 4.50. The predicted octanol–water partition coefficient (Wildman–Crippen LogP) is 2.81. The molecule has 1 N–H and O–H groups in total. The summed E-state index contributed by atoms with van der Waals surface area (Å²) in [5.74, 6) is 6.26. The highest BCUT2D eigenvalue weighted by atomic mass is 35.5. The van der Waals surface area contributed by atoms with Gasteiger partial charge in [-0.05, 0) is 29.8 Å². The van der Waals surface area contributed by atoms with Gasteiger partial charge in [0.05, 0.1) is 11.6 Å². The highest BCUT2D eigenvalue weighted by molar-refractivity contribution is 6.31. The number of hydrogen-bond acceptors (Lipinski definition) is 3. The molecule has 1 spiro atoms. The molecule has 4 nitrogen and oxygen atoms in total. The normalized spacial score (nSPS) is 17.2. The molecule has 2 aliphatic heterocycles. The van der Waals surface area contributed by atoms with E-state index in [0.717, 1.165) is 28.9 Å². The second kappa shape index (κ2) is 6.11. The van der Waals surface area contributed by atoms with Crippen molar-refractivity contribution in [2.45, 2.75) is 12.0 Å². The first-order valence-corrected chi connectivity index (χ1v) is 8.43. The highest BCUT2D eigenvalue weighted by Gasteiger charge is 2.49. The lowest BCUT2D eigenvalue weighted by atomic mass is 9.89. The maximum absolute atomic E-state index is 10.8. The smallest absolute Gasteiger partial charge is 0.317 e. The van der Waals surface area contributed by atoms with Crippen molar-refractivity contribution in [3.8, 4) is 17.6 Å². The molecule has 0 aromatic heterocycles. The van der Waals surface area contributed by atoms with Crippen LogP contribution < -0.4 is 4.74 Å². The second-order valence-corrected chi connectivity index (χ2v) is 6.96. The molecular weight excluding hydrogens is 338 g/mol. The fourth-order valence-corrected chi connectivity index (χ4v) is 3.62. The number of carbonyl (C=O) groups is 1. The van der Waals surface area contributed by atoms with Crippen LogP contribution in [0.2, 0.25) is 5.02 Å². The fourth-order valence-electron chi connectivity index (χ4n) is 3.44. The average molecular weight is 354 g/mol. The number of ether oxygens (including phenoxy) is 1. The third kappa shape index (κ3) is 3.21. The summed E-state index contributed by atoms with van der Waals surface area (Å²) in [6, 6.07) is 13.5. The largest absolute Gasteiger partial charge is 0.484 e. The molecule has 0 unspecified atom stereocenters. The van der Waals surface area contributed by atoms with Crippen LogP contribution in [0, 0.1) is 11.8 Å². The van der Waals surface area contributed by atoms with Crippen LogP contribution in [0.3, 0.4) is 0 Å². The van der Waals surface area contributed by atoms with E-state index in [1.165, 1.54) is 0 Å². The summed E-state index contributed by atoms with van der Waals surface area (Å²) in [6.45, 7) is 1.36. The molecule has 2 aromatic rings. The lowest BCUT2D eigenvalue weighted by Crippen LogP contribution is -2.65. The first-order chi connectivity index (χ1) is 12.0. The lowest BCUT2D eigenvalue weighted by molar-refractivity contribution is -0.143. The number of rotatable bonds is 2. The maximum Gasteiger partial charge on any atom is 0.317 e. The van der Waals surface area contributed by atoms with E-state index in [9.17, 15) is 4.79 Å². The van der Waals surface area contributed by atoms with Crippen molar-refractivity contribution in [3.05, 3.63) is 64.2 Å². The number of carboxylic acid groups (broad SMARTS) is 1. The van der Waals surface area contributed by atoms with E-state index >= 15 is 0 Å². The van der Waals surface area contributed by atoms with Gasteiger partial charge < -0.3 is 9.84 Å². The topological polar surface area (TPSA) is 49.8 Å². The third-order valence-corrected chi connectivity index (χ3v) is 4.83. The lowest BCUT2D eigenvalue weighted by Gasteiger charge is -2.46. The summed E-state index contributed by atoms with van der Waals surface area (Å²) >= 11 is 6.12. The quantitative estimate of drug-likeness (QED) is 0.843. The van der Waals surface area contributed by atoms with Crippen molar-refractivity contribution >= 4 is 17.6 Å². The summed E-state index contributed by atoms with van der Waals surface area (Å²) < 4.78 is 6.13. The molecule has 0 saturated carbocycles. The average Bonchev–Trinajstić information content (AvgIpc) is 2.92. The molecule has 0 bridgehead atoms. The molecule has 1 fully saturated rings. The zero-order valence-electron chi connectivity index (χ0n) is 13.5. The summed E-state index contributed by atoms with van der Waals surface area (Å²) in [7, 11) is 0. The SMILES string of the molecule is O=C(O)CN1CC2(Cc3ccc(C#Cc4ccccc4Cl)cc3O2)C1. The van der Waals surface area contributed by atoms with Gasteiger partial charge in [0.1, 0.15) is 11.4 Å². The Morgan fingerprint density at radius 2 is 2.04 bits per heavy atom. The number of hydrogen-bond donors (Lipinski definition) is 1. The first kappa shape index (κ1) is 16.0. The zero-order chi connectivity index (χ0) is 17.4. The number of likely N-dealkylation sites (tertiary alicyclic amines) is 1. The fraction of sp³-hybridized carbons (Fsp3) is 0.250. The highest BCUT2D eigenvalue weighted by Crippen LogP contribution is 2.40. The Kier molecular flexibility index (Phi) is 3.91. The van der Waals surface area contributed by atoms with E-state index < -0.39 is 5.97 Å². The molecule has 2 aliphatic rings. The van der Waals surface area contributed by atoms with E-state index in [-0.39, 0.29) is 12.1 Å². The van der Waals surface area contributed by atoms with Gasteiger partial charge >= 0.3 is 5.97 Å². The standard InChI is InChI=1S/C20H16ClNO3/c21-17-4-2-1-3-15(17)7-5-14-6-8-16-10-20(25-18(16)9-14)12-22(13-20)11-19(23)24/h1-4,6,8-9H,10-13H2,(H,23,24). The summed E-state index contributed by atoms with van der Waals surface area (Å²) in [6.07, 6.45) is 0.816. The van der Waals surface area contributed by atoms with Crippen LogP contribution in [0.1, 0.15) is 16.7 Å². The number of aliphatic carboxylic acids is 1. The van der Waals surface area contributed by atoms with Gasteiger partial charge in [0.2, 0.25) is 0 Å². The number of benzene rings is 2. The molecule has 0 amide bonds. The molecule has 1 saturated heterocycles. The molecule has 25 heavy (non-hydrogen) atoms. The second-order valence-electron chi connectivity index (χ2n) is 6.55. The van der Waals surface area contributed by atoms with E-state index in [1.54, 1.807) is 0 Å². The van der Waals surface area contributed by atoms with Crippen molar-refractivity contribution < 1.29 is 14.6 Å². The summed E-state index contributed by atoms with van der Waals surface area (Å²) in [5, 5.41) is 9.49. The number of fused-ring (bicyclic) bond motifs is 1. The number of nitrogens with zero attached hydrogens (tertiary/aromatic N) is 1. The molecule has 2 aromatic carbocycles. The van der Waals surface area contributed by atoms with Crippen LogP contribution in [0.4, 0.5) is 0 Å². The maximum atomic E-state index is 10.8. The van der Waals surface area contributed by atoms with Gasteiger partial charge in [-0.15, -0.1) is 0 Å². The number of halogens is 1. The Labute approximate surface area is 151 Å². The van der Waals surface area contributed by atoms with Crippen LogP contribution in [-0.4, -0.2) is 41.2 Å². The van der Waals surface area contributed by atoms with Gasteiger partial charge in [-0.1, -0.05) is 41.6 Å². The van der Waals surface area contributed by atoms with E-state index in [2.05, 4.69) is 11.8 Å². The molecule has 4 rings (SSSR count). The summed E-state index contributed by atoms with van der Waals surface area (Å²) in [5.41, 5.74) is 2.55. The Bertz CT molecular complexity index is 907. The summed E-state index contributed by atoms with van der Waals surface area (Å²) in [4.78, 5) is 12.7. The first-order valence-electron chi connectivity index (χ1n) is 8.06. The van der Waals surface area contributed by atoms with Gasteiger partial charge in [-0.25, -0.2) is 0 Å². The van der Waals surface area contributed by atoms with E-state index in [0.29, 0.717) is 18.1 Å². The van der Waals surface area contributed by atoms with Crippen molar-refractivity contribution in [1.82, 2.24) is 4.90 Å². The van der Waals surface area contributed by atoms with Crippen molar-refractivity contribution in [3.63, 3.8) is 0 Å². The molecule has 2 heterocycles. The van der Waals surface area contributed by atoms with E-state index in [1.807, 2.05) is 47.4 Å². The van der Waals surface area contributed by atoms with Crippen LogP contribution in [0.5, 0.6) is 5.75 Å². The molecule has 0 radical (unpaired) electrons. The van der Waals surface area contributed by atoms with Gasteiger partial charge in [-0.2, -0.15) is 0 Å². The van der Waals surface area contributed by atoms with Crippen LogP contribution in [0.15, 0.2) is 42.5 Å². The van der Waals surface area contributed by atoms with Crippen molar-refractivity contribution in [2.24, 2.45) is 0 Å². The van der Waals surface area contributed by atoms with Crippen LogP contribution >= 0.6 is 11.6 Å². The van der Waals surface area contributed by atoms with Gasteiger partial charge in [0.15, 0.2) is 0 Å². The molecule has 0 atom stereocenters. The molecule has 0 aliphatic carbocycles. The Morgan fingerprint density at radius 1 is 1.24 bits per heavy atom. The van der Waals surface area contributed by atoms with Gasteiger partial charge in [-0.3, -0.25) is 9.69 Å². The predicted molar refractivity (Wildman–Crippen MR) is 95.0 cm³/mol. The van der Waals surface area contributed by atoms with Gasteiger partial charge in [0.25, 0.3) is 0 Å². The van der Waals surface area contributed by atoms with Crippen molar-refractivity contribution in [2.75, 3.05) is 19.6 Å². The molecule has 5 heteroatoms.